The maximum Gasteiger partial charge on any atom is 0.338 e. The van der Waals surface area contributed by atoms with E-state index in [1.807, 2.05) is 0 Å². The van der Waals surface area contributed by atoms with Gasteiger partial charge in [0.05, 0.1) is 29.9 Å². The molecule has 0 radical (unpaired) electrons. The third-order valence-electron chi connectivity index (χ3n) is 5.90. The van der Waals surface area contributed by atoms with Gasteiger partial charge in [0.25, 0.3) is 0 Å². The van der Waals surface area contributed by atoms with Crippen LogP contribution in [0.15, 0.2) is 53.3 Å². The molecule has 7 heteroatoms. The van der Waals surface area contributed by atoms with E-state index < -0.39 is 41.9 Å². The molecule has 1 aromatic heterocycles. The van der Waals surface area contributed by atoms with E-state index in [0.29, 0.717) is 24.0 Å². The Balaban J connectivity index is 1.52. The number of carbonyl (C=O) groups is 3. The highest BCUT2D eigenvalue weighted by molar-refractivity contribution is 5.89. The SMILES string of the molecule is O=C(O[C@@H]1[C@@H]2[C@H]3C[C@@H](C[C@H]2C(=O)O[C@H]1c1ccoc1)OC3=O)c1ccccc1. The Morgan fingerprint density at radius 3 is 2.36 bits per heavy atom. The van der Waals surface area contributed by atoms with Gasteiger partial charge in [-0.05, 0) is 31.0 Å². The van der Waals surface area contributed by atoms with E-state index in [1.54, 1.807) is 36.4 Å². The highest BCUT2D eigenvalue weighted by Gasteiger charge is 2.60. The van der Waals surface area contributed by atoms with Crippen LogP contribution in [-0.4, -0.2) is 30.1 Å². The zero-order chi connectivity index (χ0) is 19.3. The van der Waals surface area contributed by atoms with Crippen LogP contribution in [0.2, 0.25) is 0 Å². The van der Waals surface area contributed by atoms with Crippen LogP contribution in [0.25, 0.3) is 0 Å². The van der Waals surface area contributed by atoms with Crippen molar-refractivity contribution in [1.82, 2.24) is 0 Å². The fourth-order valence-electron chi connectivity index (χ4n) is 4.65. The van der Waals surface area contributed by atoms with Gasteiger partial charge in [0.15, 0.2) is 6.10 Å². The average Bonchev–Trinajstić information content (AvgIpc) is 3.33. The molecule has 3 fully saturated rings. The summed E-state index contributed by atoms with van der Waals surface area (Å²) in [5.74, 6) is -2.76. The number of benzene rings is 1. The summed E-state index contributed by atoms with van der Waals surface area (Å²) in [7, 11) is 0. The van der Waals surface area contributed by atoms with Gasteiger partial charge in [-0.15, -0.1) is 0 Å². The first-order valence-electron chi connectivity index (χ1n) is 9.31. The van der Waals surface area contributed by atoms with Crippen molar-refractivity contribution in [3.8, 4) is 0 Å². The minimum Gasteiger partial charge on any atom is -0.472 e. The molecular formula is C21H18O7. The van der Waals surface area contributed by atoms with Crippen molar-refractivity contribution in [2.75, 3.05) is 0 Å². The van der Waals surface area contributed by atoms with E-state index >= 15 is 0 Å². The summed E-state index contributed by atoms with van der Waals surface area (Å²) in [5.41, 5.74) is 0.982. The highest BCUT2D eigenvalue weighted by Crippen LogP contribution is 2.51. The van der Waals surface area contributed by atoms with Crippen LogP contribution >= 0.6 is 0 Å². The van der Waals surface area contributed by atoms with Gasteiger partial charge >= 0.3 is 17.9 Å². The summed E-state index contributed by atoms with van der Waals surface area (Å²) in [6.07, 6.45) is 1.94. The number of esters is 3. The summed E-state index contributed by atoms with van der Waals surface area (Å²) in [6, 6.07) is 10.3. The second-order valence-corrected chi connectivity index (χ2v) is 7.47. The lowest BCUT2D eigenvalue weighted by Crippen LogP contribution is -2.52. The molecule has 1 aliphatic carbocycles. The van der Waals surface area contributed by atoms with E-state index in [2.05, 4.69) is 0 Å². The minimum absolute atomic E-state index is 0.276. The number of hydrogen-bond acceptors (Lipinski definition) is 7. The molecule has 3 aliphatic rings. The van der Waals surface area contributed by atoms with Gasteiger partial charge in [0.2, 0.25) is 0 Å². The number of rotatable bonds is 3. The number of cyclic esters (lactones) is 1. The summed E-state index contributed by atoms with van der Waals surface area (Å²) in [4.78, 5) is 37.8. The number of furan rings is 1. The quantitative estimate of drug-likeness (QED) is 0.595. The second kappa shape index (κ2) is 6.51. The first kappa shape index (κ1) is 17.0. The minimum atomic E-state index is -0.829. The smallest absolute Gasteiger partial charge is 0.338 e. The molecule has 0 unspecified atom stereocenters. The van der Waals surface area contributed by atoms with Gasteiger partial charge in [-0.25, -0.2) is 4.79 Å². The van der Waals surface area contributed by atoms with Gasteiger partial charge in [0.1, 0.15) is 12.2 Å². The van der Waals surface area contributed by atoms with Crippen molar-refractivity contribution in [1.29, 1.82) is 0 Å². The summed E-state index contributed by atoms with van der Waals surface area (Å²) in [6.45, 7) is 0. The van der Waals surface area contributed by atoms with Crippen LogP contribution in [-0.2, 0) is 23.8 Å². The Morgan fingerprint density at radius 1 is 0.964 bits per heavy atom. The van der Waals surface area contributed by atoms with E-state index in [4.69, 9.17) is 18.6 Å². The second-order valence-electron chi connectivity index (χ2n) is 7.47. The predicted octanol–water partition coefficient (Wildman–Crippen LogP) is 2.67. The Kier molecular flexibility index (Phi) is 3.96. The van der Waals surface area contributed by atoms with Crippen LogP contribution in [0.4, 0.5) is 0 Å². The van der Waals surface area contributed by atoms with Crippen molar-refractivity contribution in [3.63, 3.8) is 0 Å². The third-order valence-corrected chi connectivity index (χ3v) is 5.90. The fourth-order valence-corrected chi connectivity index (χ4v) is 4.65. The van der Waals surface area contributed by atoms with Gasteiger partial charge in [-0.3, -0.25) is 9.59 Å². The first-order valence-corrected chi connectivity index (χ1v) is 9.31. The summed E-state index contributed by atoms with van der Waals surface area (Å²) in [5, 5.41) is 0. The Morgan fingerprint density at radius 2 is 1.68 bits per heavy atom. The normalized spacial score (nSPS) is 33.6. The standard InChI is InChI=1S/C21H18O7/c22-19(11-4-2-1-3-5-11)28-18-16-14-8-13(26-20(14)23)9-15(16)21(24)27-17(18)12-6-7-25-10-12/h1-7,10,13-18H,8-9H2/t13-,14+,15+,16+,17-,18+/m0/s1. The molecule has 0 spiro atoms. The number of carbonyl (C=O) groups excluding carboxylic acids is 3. The van der Waals surface area contributed by atoms with Crippen LogP contribution < -0.4 is 0 Å². The largest absolute Gasteiger partial charge is 0.472 e. The Labute approximate surface area is 160 Å². The van der Waals surface area contributed by atoms with Crippen LogP contribution in [0.5, 0.6) is 0 Å². The van der Waals surface area contributed by atoms with Crippen molar-refractivity contribution in [3.05, 3.63) is 60.1 Å². The first-order chi connectivity index (χ1) is 13.6. The van der Waals surface area contributed by atoms with Crippen molar-refractivity contribution in [2.24, 2.45) is 17.8 Å². The topological polar surface area (TPSA) is 92.0 Å². The molecule has 5 rings (SSSR count). The molecule has 2 bridgehead atoms. The van der Waals surface area contributed by atoms with Crippen molar-refractivity contribution >= 4 is 17.9 Å². The highest BCUT2D eigenvalue weighted by atomic mass is 16.6. The van der Waals surface area contributed by atoms with Gasteiger partial charge in [-0.2, -0.15) is 0 Å². The molecule has 2 saturated heterocycles. The molecule has 1 saturated carbocycles. The Bertz CT molecular complexity index is 904. The molecule has 6 atom stereocenters. The molecule has 7 nitrogen and oxygen atoms in total. The fraction of sp³-hybridized carbons (Fsp3) is 0.381. The van der Waals surface area contributed by atoms with Crippen LogP contribution in [0, 0.1) is 17.8 Å². The van der Waals surface area contributed by atoms with E-state index in [1.165, 1.54) is 12.5 Å². The average molecular weight is 382 g/mol. The molecule has 0 amide bonds. The molecule has 3 heterocycles. The molecular weight excluding hydrogens is 364 g/mol. The monoisotopic (exact) mass is 382 g/mol. The molecule has 2 aliphatic heterocycles. The third kappa shape index (κ3) is 2.69. The van der Waals surface area contributed by atoms with E-state index in [9.17, 15) is 14.4 Å². The molecule has 28 heavy (non-hydrogen) atoms. The maximum absolute atomic E-state index is 12.8. The molecule has 2 aromatic rings. The lowest BCUT2D eigenvalue weighted by atomic mass is 9.67. The lowest BCUT2D eigenvalue weighted by Gasteiger charge is -2.44. The van der Waals surface area contributed by atoms with E-state index in [-0.39, 0.29) is 12.1 Å². The molecule has 0 N–H and O–H groups in total. The van der Waals surface area contributed by atoms with Gasteiger partial charge in [0, 0.05) is 11.5 Å². The number of ether oxygens (including phenoxy) is 3. The zero-order valence-electron chi connectivity index (χ0n) is 14.9. The molecule has 1 aromatic carbocycles. The van der Waals surface area contributed by atoms with Crippen LogP contribution in [0.1, 0.15) is 34.9 Å². The molecule has 144 valence electrons. The lowest BCUT2D eigenvalue weighted by molar-refractivity contribution is -0.190. The number of fused-ring (bicyclic) bond motifs is 4. The Hall–Kier alpha value is -3.09. The predicted molar refractivity (Wildman–Crippen MR) is 92.8 cm³/mol. The van der Waals surface area contributed by atoms with Crippen molar-refractivity contribution < 1.29 is 33.0 Å². The number of hydrogen-bond donors (Lipinski definition) is 0. The zero-order valence-corrected chi connectivity index (χ0v) is 14.9. The maximum atomic E-state index is 12.8. The van der Waals surface area contributed by atoms with Gasteiger partial charge < -0.3 is 18.6 Å². The van der Waals surface area contributed by atoms with Crippen molar-refractivity contribution in [2.45, 2.75) is 31.2 Å². The summed E-state index contributed by atoms with van der Waals surface area (Å²) < 4.78 is 22.1. The van der Waals surface area contributed by atoms with Gasteiger partial charge in [-0.1, -0.05) is 18.2 Å². The summed E-state index contributed by atoms with van der Waals surface area (Å²) >= 11 is 0. The van der Waals surface area contributed by atoms with Crippen LogP contribution in [0.3, 0.4) is 0 Å². The van der Waals surface area contributed by atoms with E-state index in [0.717, 1.165) is 0 Å².